The fourth-order valence-electron chi connectivity index (χ4n) is 3.71. The van der Waals surface area contributed by atoms with Crippen LogP contribution in [0.1, 0.15) is 31.8 Å². The molecule has 2 aliphatic rings. The maximum atomic E-state index is 13.2. The lowest BCUT2D eigenvalue weighted by Crippen LogP contribution is -2.22. The van der Waals surface area contributed by atoms with Crippen molar-refractivity contribution in [2.24, 2.45) is 0 Å². The number of cyclic esters (lactones) is 2. The maximum absolute atomic E-state index is 13.2. The molecule has 7 heteroatoms. The topological polar surface area (TPSA) is 108 Å². The number of ether oxygens (including phenoxy) is 1. The normalized spacial score (nSPS) is 16.3. The van der Waals surface area contributed by atoms with Gasteiger partial charge in [-0.1, -0.05) is 18.2 Å². The highest BCUT2D eigenvalue weighted by atomic mass is 32.2. The van der Waals surface area contributed by atoms with Crippen molar-refractivity contribution in [3.63, 3.8) is 0 Å². The van der Waals surface area contributed by atoms with Gasteiger partial charge in [-0.3, -0.25) is 0 Å². The molecule has 1 unspecified atom stereocenters. The standard InChI is InChI=1S/C20H6N2O4S/c21-7-9-5-12-16-13(20(24)26-19(12)23)6-10(8-22)18-17(16)15(9)11-3-1-2-4-14(11)27(18)25/h1-6H. The molecule has 0 radical (unpaired) electrons. The predicted molar refractivity (Wildman–Crippen MR) is 93.2 cm³/mol. The summed E-state index contributed by atoms with van der Waals surface area (Å²) in [6, 6.07) is 13.6. The second-order valence-electron chi connectivity index (χ2n) is 6.06. The fraction of sp³-hybridized carbons (Fsp3) is 0. The number of carbonyl (C=O) groups is 2. The van der Waals surface area contributed by atoms with Gasteiger partial charge in [-0.05, 0) is 18.2 Å². The molecule has 0 saturated heterocycles. The van der Waals surface area contributed by atoms with Crippen LogP contribution in [-0.2, 0) is 15.5 Å². The third kappa shape index (κ3) is 1.78. The number of nitrogens with zero attached hydrogens (tertiary/aromatic N) is 2. The minimum atomic E-state index is -1.70. The van der Waals surface area contributed by atoms with Crippen molar-refractivity contribution in [3.8, 4) is 23.3 Å². The fourth-order valence-corrected chi connectivity index (χ4v) is 5.20. The summed E-state index contributed by atoms with van der Waals surface area (Å²) in [4.78, 5) is 25.2. The lowest BCUT2D eigenvalue weighted by Gasteiger charge is -2.26. The zero-order valence-corrected chi connectivity index (χ0v) is 14.2. The summed E-state index contributed by atoms with van der Waals surface area (Å²) in [6.07, 6.45) is 0. The van der Waals surface area contributed by atoms with Crippen LogP contribution in [0.2, 0.25) is 0 Å². The first kappa shape index (κ1) is 15.4. The Kier molecular flexibility index (Phi) is 2.92. The van der Waals surface area contributed by atoms with E-state index >= 15 is 0 Å². The lowest BCUT2D eigenvalue weighted by atomic mass is 9.86. The van der Waals surface area contributed by atoms with E-state index in [1.807, 2.05) is 6.07 Å². The van der Waals surface area contributed by atoms with Gasteiger partial charge in [0.15, 0.2) is 0 Å². The average Bonchev–Trinajstić information content (AvgIpc) is 2.69. The number of esters is 2. The molecule has 5 rings (SSSR count). The quantitative estimate of drug-likeness (QED) is 0.348. The first-order chi connectivity index (χ1) is 13.1. The van der Waals surface area contributed by atoms with E-state index in [4.69, 9.17) is 4.74 Å². The molecule has 3 aromatic carbocycles. The van der Waals surface area contributed by atoms with Gasteiger partial charge >= 0.3 is 11.9 Å². The number of benzene rings is 3. The molecule has 0 bridgehead atoms. The van der Waals surface area contributed by atoms with E-state index < -0.39 is 22.7 Å². The summed E-state index contributed by atoms with van der Waals surface area (Å²) in [5, 5.41) is 19.9. The number of rotatable bonds is 0. The molecule has 1 atom stereocenters. The molecule has 126 valence electrons. The van der Waals surface area contributed by atoms with Crippen LogP contribution in [-0.4, -0.2) is 16.1 Å². The second kappa shape index (κ2) is 5.10. The molecule has 6 nitrogen and oxygen atoms in total. The molecule has 2 heterocycles. The van der Waals surface area contributed by atoms with Gasteiger partial charge in [0.25, 0.3) is 0 Å². The molecule has 0 N–H and O–H groups in total. The van der Waals surface area contributed by atoms with Crippen LogP contribution in [0.15, 0.2) is 46.2 Å². The van der Waals surface area contributed by atoms with Gasteiger partial charge < -0.3 is 4.74 Å². The monoisotopic (exact) mass is 370 g/mol. The Hall–Kier alpha value is -3.81. The minimum Gasteiger partial charge on any atom is -0.386 e. The number of nitriles is 2. The molecule has 0 saturated carbocycles. The maximum Gasteiger partial charge on any atom is 0.346 e. The summed E-state index contributed by atoms with van der Waals surface area (Å²) >= 11 is 0. The largest absolute Gasteiger partial charge is 0.386 e. The highest BCUT2D eigenvalue weighted by Gasteiger charge is 2.37. The number of hydrogen-bond acceptors (Lipinski definition) is 6. The summed E-state index contributed by atoms with van der Waals surface area (Å²) in [7, 11) is -1.70. The van der Waals surface area contributed by atoms with Gasteiger partial charge in [-0.15, -0.1) is 0 Å². The second-order valence-corrected chi connectivity index (χ2v) is 7.45. The smallest absolute Gasteiger partial charge is 0.346 e. The van der Waals surface area contributed by atoms with Gasteiger partial charge in [0.1, 0.15) is 6.07 Å². The Bertz CT molecular complexity index is 1360. The molecular formula is C20H6N2O4S. The zero-order valence-electron chi connectivity index (χ0n) is 13.4. The van der Waals surface area contributed by atoms with Gasteiger partial charge in [0.05, 0.1) is 48.9 Å². The van der Waals surface area contributed by atoms with E-state index in [2.05, 4.69) is 6.07 Å². The van der Waals surface area contributed by atoms with Crippen LogP contribution in [0.4, 0.5) is 0 Å². The Labute approximate surface area is 154 Å². The highest BCUT2D eigenvalue weighted by molar-refractivity contribution is 7.85. The van der Waals surface area contributed by atoms with E-state index in [0.29, 0.717) is 21.4 Å². The number of hydrogen-bond donors (Lipinski definition) is 0. The lowest BCUT2D eigenvalue weighted by molar-refractivity contribution is 0.0391. The van der Waals surface area contributed by atoms with Gasteiger partial charge in [-0.25, -0.2) is 13.8 Å². The number of carbonyl (C=O) groups excluding carboxylic acids is 2. The Balaban J connectivity index is 2.16. The molecule has 0 aromatic heterocycles. The van der Waals surface area contributed by atoms with Crippen LogP contribution in [0, 0.1) is 22.7 Å². The van der Waals surface area contributed by atoms with Gasteiger partial charge in [0.2, 0.25) is 0 Å². The van der Waals surface area contributed by atoms with Crippen LogP contribution >= 0.6 is 0 Å². The number of fused-ring (bicyclic) bond motifs is 2. The van der Waals surface area contributed by atoms with Gasteiger partial charge in [0, 0.05) is 21.9 Å². The average molecular weight is 370 g/mol. The van der Waals surface area contributed by atoms with Crippen molar-refractivity contribution < 1.29 is 18.5 Å². The molecular weight excluding hydrogens is 364 g/mol. The van der Waals surface area contributed by atoms with Crippen molar-refractivity contribution in [1.82, 2.24) is 0 Å². The Morgan fingerprint density at radius 1 is 0.852 bits per heavy atom. The van der Waals surface area contributed by atoms with E-state index in [9.17, 15) is 24.3 Å². The van der Waals surface area contributed by atoms with Crippen molar-refractivity contribution in [2.45, 2.75) is 9.79 Å². The highest BCUT2D eigenvalue weighted by Crippen LogP contribution is 2.48. The Morgan fingerprint density at radius 3 is 2.15 bits per heavy atom. The van der Waals surface area contributed by atoms with E-state index in [0.717, 1.165) is 0 Å². The summed E-state index contributed by atoms with van der Waals surface area (Å²) in [5.74, 6) is -1.73. The minimum absolute atomic E-state index is 0.0546. The first-order valence-electron chi connectivity index (χ1n) is 7.82. The van der Waals surface area contributed by atoms with Crippen LogP contribution < -0.4 is 0 Å². The molecule has 2 aliphatic heterocycles. The van der Waals surface area contributed by atoms with Crippen LogP contribution in [0.3, 0.4) is 0 Å². The van der Waals surface area contributed by atoms with Crippen LogP contribution in [0.5, 0.6) is 0 Å². The van der Waals surface area contributed by atoms with Gasteiger partial charge in [-0.2, -0.15) is 10.5 Å². The predicted octanol–water partition coefficient (Wildman–Crippen LogP) is 3.04. The van der Waals surface area contributed by atoms with Crippen molar-refractivity contribution in [1.29, 1.82) is 10.5 Å². The van der Waals surface area contributed by atoms with Crippen molar-refractivity contribution in [3.05, 3.63) is 58.7 Å². The SMILES string of the molecule is N#Cc1cc2c3c(cc(C#N)c4c3c1-c1ccccc1S4=O)C(=O)OC2=O. The third-order valence-corrected chi connectivity index (χ3v) is 6.32. The first-order valence-corrected chi connectivity index (χ1v) is 8.97. The summed E-state index contributed by atoms with van der Waals surface area (Å²) in [6.45, 7) is 0. The molecule has 3 aromatic rings. The molecule has 0 spiro atoms. The van der Waals surface area contributed by atoms with Crippen LogP contribution in [0.25, 0.3) is 21.9 Å². The molecule has 0 amide bonds. The third-order valence-electron chi connectivity index (χ3n) is 4.76. The molecule has 0 fully saturated rings. The van der Waals surface area contributed by atoms with E-state index in [1.54, 1.807) is 24.3 Å². The molecule has 27 heavy (non-hydrogen) atoms. The summed E-state index contributed by atoms with van der Waals surface area (Å²) < 4.78 is 18.0. The Morgan fingerprint density at radius 2 is 1.48 bits per heavy atom. The van der Waals surface area contributed by atoms with Crippen molar-refractivity contribution >= 4 is 33.5 Å². The van der Waals surface area contributed by atoms with E-state index in [-0.39, 0.29) is 32.5 Å². The zero-order chi connectivity index (χ0) is 18.9. The molecule has 0 aliphatic carbocycles. The van der Waals surface area contributed by atoms with E-state index in [1.165, 1.54) is 12.1 Å². The van der Waals surface area contributed by atoms with Crippen molar-refractivity contribution in [2.75, 3.05) is 0 Å². The summed E-state index contributed by atoms with van der Waals surface area (Å²) in [5.41, 5.74) is 1.42.